The zero-order valence-corrected chi connectivity index (χ0v) is 19.1. The molecular formula is C23H19ClN8O3. The van der Waals surface area contributed by atoms with Gasteiger partial charge in [-0.25, -0.2) is 5.43 Å². The standard InChI is InChI=1S/C23H19ClN8O3/c1-35-20-11-7-18(8-12-20)27-22-28-21(26-17-5-9-19(10-6-17)32(33)34)29-23(30-22)31-25-14-15-3-2-4-16(24)13-15/h2-14H,1H3,(H3,26,27,28,29,30,31)/b25-14+. The van der Waals surface area contributed by atoms with E-state index in [0.29, 0.717) is 16.5 Å². The van der Waals surface area contributed by atoms with E-state index in [-0.39, 0.29) is 23.5 Å². The number of methoxy groups -OCH3 is 1. The molecule has 0 bridgehead atoms. The van der Waals surface area contributed by atoms with Crippen LogP contribution in [0.1, 0.15) is 5.56 Å². The molecule has 1 aromatic heterocycles. The van der Waals surface area contributed by atoms with Crippen molar-refractivity contribution in [2.75, 3.05) is 23.2 Å². The van der Waals surface area contributed by atoms with Crippen LogP contribution in [-0.2, 0) is 0 Å². The predicted molar refractivity (Wildman–Crippen MR) is 135 cm³/mol. The molecule has 35 heavy (non-hydrogen) atoms. The number of nitrogens with zero attached hydrogens (tertiary/aromatic N) is 5. The van der Waals surface area contributed by atoms with Gasteiger partial charge in [0.1, 0.15) is 5.75 Å². The van der Waals surface area contributed by atoms with Gasteiger partial charge in [-0.2, -0.15) is 20.1 Å². The van der Waals surface area contributed by atoms with Gasteiger partial charge in [-0.15, -0.1) is 0 Å². The van der Waals surface area contributed by atoms with Crippen LogP contribution in [0, 0.1) is 10.1 Å². The molecule has 0 atom stereocenters. The minimum absolute atomic E-state index is 0.0224. The van der Waals surface area contributed by atoms with Crippen LogP contribution < -0.4 is 20.8 Å². The Morgan fingerprint density at radius 1 is 0.914 bits per heavy atom. The summed E-state index contributed by atoms with van der Waals surface area (Å²) in [5.74, 6) is 1.32. The van der Waals surface area contributed by atoms with Crippen molar-refractivity contribution >= 4 is 52.7 Å². The van der Waals surface area contributed by atoms with Crippen LogP contribution in [0.15, 0.2) is 77.9 Å². The highest BCUT2D eigenvalue weighted by Gasteiger charge is 2.09. The first-order valence-corrected chi connectivity index (χ1v) is 10.6. The number of hydrogen-bond acceptors (Lipinski definition) is 10. The first-order valence-electron chi connectivity index (χ1n) is 10.2. The number of benzene rings is 3. The number of rotatable bonds is 9. The monoisotopic (exact) mass is 490 g/mol. The van der Waals surface area contributed by atoms with E-state index < -0.39 is 4.92 Å². The number of nitro groups is 1. The molecular weight excluding hydrogens is 472 g/mol. The zero-order chi connectivity index (χ0) is 24.6. The predicted octanol–water partition coefficient (Wildman–Crippen LogP) is 5.38. The summed E-state index contributed by atoms with van der Waals surface area (Å²) in [5, 5.41) is 21.8. The summed E-state index contributed by atoms with van der Waals surface area (Å²) >= 11 is 6.01. The number of ether oxygens (including phenoxy) is 1. The molecule has 0 aliphatic heterocycles. The molecule has 4 aromatic rings. The smallest absolute Gasteiger partial charge is 0.269 e. The third-order valence-corrected chi connectivity index (χ3v) is 4.78. The fourth-order valence-corrected chi connectivity index (χ4v) is 3.09. The molecule has 0 saturated heterocycles. The number of nitro benzene ring substituents is 1. The molecule has 0 saturated carbocycles. The van der Waals surface area contributed by atoms with Gasteiger partial charge < -0.3 is 15.4 Å². The van der Waals surface area contributed by atoms with Crippen molar-refractivity contribution in [3.63, 3.8) is 0 Å². The molecule has 11 nitrogen and oxygen atoms in total. The number of anilines is 5. The van der Waals surface area contributed by atoms with Gasteiger partial charge in [-0.3, -0.25) is 10.1 Å². The summed E-state index contributed by atoms with van der Waals surface area (Å²) in [5.41, 5.74) is 4.84. The van der Waals surface area contributed by atoms with Crippen LogP contribution in [0.25, 0.3) is 0 Å². The lowest BCUT2D eigenvalue weighted by molar-refractivity contribution is -0.384. The van der Waals surface area contributed by atoms with E-state index in [1.165, 1.54) is 12.1 Å². The second-order valence-electron chi connectivity index (χ2n) is 7.01. The van der Waals surface area contributed by atoms with Gasteiger partial charge >= 0.3 is 0 Å². The molecule has 0 amide bonds. The van der Waals surface area contributed by atoms with E-state index in [1.54, 1.807) is 49.7 Å². The van der Waals surface area contributed by atoms with E-state index in [4.69, 9.17) is 16.3 Å². The van der Waals surface area contributed by atoms with Crippen molar-refractivity contribution in [2.45, 2.75) is 0 Å². The van der Waals surface area contributed by atoms with Crippen LogP contribution in [0.5, 0.6) is 5.75 Å². The Morgan fingerprint density at radius 2 is 1.51 bits per heavy atom. The molecule has 0 unspecified atom stereocenters. The molecule has 0 spiro atoms. The Morgan fingerprint density at radius 3 is 2.09 bits per heavy atom. The topological polar surface area (TPSA) is 139 Å². The number of non-ortho nitro benzene ring substituents is 1. The van der Waals surface area contributed by atoms with Gasteiger partial charge in [0.15, 0.2) is 0 Å². The summed E-state index contributed by atoms with van der Waals surface area (Å²) in [4.78, 5) is 23.5. The van der Waals surface area contributed by atoms with E-state index >= 15 is 0 Å². The third-order valence-electron chi connectivity index (χ3n) is 4.54. The molecule has 12 heteroatoms. The Bertz CT molecular complexity index is 1350. The molecule has 0 radical (unpaired) electrons. The summed E-state index contributed by atoms with van der Waals surface area (Å²) in [6.45, 7) is 0. The van der Waals surface area contributed by atoms with Gasteiger partial charge in [-0.05, 0) is 54.1 Å². The van der Waals surface area contributed by atoms with Gasteiger partial charge in [0, 0.05) is 28.5 Å². The lowest BCUT2D eigenvalue weighted by atomic mass is 10.2. The highest BCUT2D eigenvalue weighted by molar-refractivity contribution is 6.30. The normalized spacial score (nSPS) is 10.7. The fourth-order valence-electron chi connectivity index (χ4n) is 2.89. The molecule has 0 fully saturated rings. The van der Waals surface area contributed by atoms with Crippen molar-refractivity contribution in [1.29, 1.82) is 0 Å². The first-order chi connectivity index (χ1) is 17.0. The van der Waals surface area contributed by atoms with Crippen molar-refractivity contribution in [3.05, 3.63) is 93.5 Å². The number of hydrogen-bond donors (Lipinski definition) is 3. The Kier molecular flexibility index (Phi) is 7.28. The minimum Gasteiger partial charge on any atom is -0.497 e. The van der Waals surface area contributed by atoms with Crippen molar-refractivity contribution in [2.24, 2.45) is 5.10 Å². The Balaban J connectivity index is 1.58. The van der Waals surface area contributed by atoms with Crippen LogP contribution in [0.2, 0.25) is 5.02 Å². The van der Waals surface area contributed by atoms with E-state index in [1.807, 2.05) is 24.3 Å². The van der Waals surface area contributed by atoms with Crippen LogP contribution >= 0.6 is 11.6 Å². The first kappa shape index (κ1) is 23.4. The van der Waals surface area contributed by atoms with Crippen molar-refractivity contribution < 1.29 is 9.66 Å². The van der Waals surface area contributed by atoms with Crippen molar-refractivity contribution in [3.8, 4) is 5.75 Å². The third kappa shape index (κ3) is 6.62. The Labute approximate surface area is 205 Å². The van der Waals surface area contributed by atoms with Gasteiger partial charge in [0.05, 0.1) is 18.2 Å². The summed E-state index contributed by atoms with van der Waals surface area (Å²) in [6.07, 6.45) is 1.58. The van der Waals surface area contributed by atoms with Crippen LogP contribution in [0.3, 0.4) is 0 Å². The maximum absolute atomic E-state index is 10.9. The second-order valence-corrected chi connectivity index (χ2v) is 7.45. The summed E-state index contributed by atoms with van der Waals surface area (Å²) < 4.78 is 5.18. The number of hydrazone groups is 1. The van der Waals surface area contributed by atoms with E-state index in [2.05, 4.69) is 36.1 Å². The minimum atomic E-state index is -0.469. The summed E-state index contributed by atoms with van der Waals surface area (Å²) in [6, 6.07) is 20.3. The molecule has 0 aliphatic carbocycles. The number of nitrogens with one attached hydrogen (secondary N) is 3. The number of aromatic nitrogens is 3. The quantitative estimate of drug-likeness (QED) is 0.160. The molecule has 3 aromatic carbocycles. The molecule has 0 aliphatic rings. The largest absolute Gasteiger partial charge is 0.497 e. The van der Waals surface area contributed by atoms with Gasteiger partial charge in [0.2, 0.25) is 17.8 Å². The second kappa shape index (κ2) is 10.9. The zero-order valence-electron chi connectivity index (χ0n) is 18.3. The van der Waals surface area contributed by atoms with Crippen molar-refractivity contribution in [1.82, 2.24) is 15.0 Å². The molecule has 3 N–H and O–H groups in total. The average molecular weight is 491 g/mol. The lowest BCUT2D eigenvalue weighted by Crippen LogP contribution is -2.07. The summed E-state index contributed by atoms with van der Waals surface area (Å²) in [7, 11) is 1.59. The average Bonchev–Trinajstić information content (AvgIpc) is 2.85. The van der Waals surface area contributed by atoms with E-state index in [0.717, 1.165) is 11.3 Å². The van der Waals surface area contributed by atoms with Crippen LogP contribution in [-0.4, -0.2) is 33.2 Å². The highest BCUT2D eigenvalue weighted by Crippen LogP contribution is 2.22. The Hall–Kier alpha value is -4.77. The molecule has 176 valence electrons. The van der Waals surface area contributed by atoms with Crippen LogP contribution in [0.4, 0.5) is 34.9 Å². The maximum atomic E-state index is 10.9. The van der Waals surface area contributed by atoms with Gasteiger partial charge in [0.25, 0.3) is 5.69 Å². The fraction of sp³-hybridized carbons (Fsp3) is 0.0435. The molecule has 1 heterocycles. The molecule has 4 rings (SSSR count). The maximum Gasteiger partial charge on any atom is 0.269 e. The van der Waals surface area contributed by atoms with Gasteiger partial charge in [-0.1, -0.05) is 23.7 Å². The number of halogens is 1. The lowest BCUT2D eigenvalue weighted by Gasteiger charge is -2.10. The van der Waals surface area contributed by atoms with E-state index in [9.17, 15) is 10.1 Å². The highest BCUT2D eigenvalue weighted by atomic mass is 35.5. The SMILES string of the molecule is COc1ccc(Nc2nc(N/N=C/c3cccc(Cl)c3)nc(Nc3ccc([N+](=O)[O-])cc3)n2)cc1.